The number of rotatable bonds is 5. The van der Waals surface area contributed by atoms with Crippen molar-refractivity contribution in [3.05, 3.63) is 76.9 Å². The summed E-state index contributed by atoms with van der Waals surface area (Å²) in [6, 6.07) is 11.7. The first kappa shape index (κ1) is 19.1. The molecule has 1 aliphatic rings. The van der Waals surface area contributed by atoms with Gasteiger partial charge < -0.3 is 16.4 Å². The molecule has 0 radical (unpaired) electrons. The first-order valence-electron chi connectivity index (χ1n) is 9.96. The standard InChI is InChI=1S/C22H20FN7O/c23-14-4-1-3-13(9-14)10-26-21-17-11-25-8-7-18(17)28-22(29-21)30-19-6-2-5-15(20(24)31)16(19)12-27-30/h1-6,9,12,25H,7-8,10-11H2,(H2,24,31)(H,26,28,29). The summed E-state index contributed by atoms with van der Waals surface area (Å²) in [7, 11) is 0. The Kier molecular flexibility index (Phi) is 4.79. The van der Waals surface area contributed by atoms with E-state index >= 15 is 0 Å². The lowest BCUT2D eigenvalue weighted by molar-refractivity contribution is 0.100. The molecule has 8 nitrogen and oxygen atoms in total. The molecular formula is C22H20FN7O. The summed E-state index contributed by atoms with van der Waals surface area (Å²) in [5.41, 5.74) is 9.32. The Morgan fingerprint density at radius 3 is 2.94 bits per heavy atom. The minimum atomic E-state index is -0.514. The molecule has 0 atom stereocenters. The van der Waals surface area contributed by atoms with E-state index in [9.17, 15) is 9.18 Å². The predicted molar refractivity (Wildman–Crippen MR) is 114 cm³/mol. The average molecular weight is 417 g/mol. The molecule has 0 bridgehead atoms. The molecule has 9 heteroatoms. The van der Waals surface area contributed by atoms with Crippen LogP contribution in [0.2, 0.25) is 0 Å². The highest BCUT2D eigenvalue weighted by atomic mass is 19.1. The zero-order valence-electron chi connectivity index (χ0n) is 16.6. The van der Waals surface area contributed by atoms with Crippen LogP contribution in [0.1, 0.15) is 27.2 Å². The summed E-state index contributed by atoms with van der Waals surface area (Å²) in [5.74, 6) is 0.282. The van der Waals surface area contributed by atoms with Crippen LogP contribution in [-0.4, -0.2) is 32.2 Å². The maximum Gasteiger partial charge on any atom is 0.253 e. The van der Waals surface area contributed by atoms with Gasteiger partial charge in [-0.15, -0.1) is 0 Å². The van der Waals surface area contributed by atoms with E-state index in [0.29, 0.717) is 41.3 Å². The number of fused-ring (bicyclic) bond motifs is 2. The Morgan fingerprint density at radius 1 is 1.23 bits per heavy atom. The van der Waals surface area contributed by atoms with E-state index in [2.05, 4.69) is 15.7 Å². The maximum absolute atomic E-state index is 13.5. The van der Waals surface area contributed by atoms with E-state index in [1.54, 1.807) is 29.1 Å². The molecule has 0 saturated carbocycles. The fraction of sp³-hybridized carbons (Fsp3) is 0.182. The molecular weight excluding hydrogens is 397 g/mol. The van der Waals surface area contributed by atoms with Crippen LogP contribution in [0, 0.1) is 5.82 Å². The smallest absolute Gasteiger partial charge is 0.253 e. The second-order valence-corrected chi connectivity index (χ2v) is 7.37. The molecule has 1 aliphatic heterocycles. The Labute approximate surface area is 177 Å². The van der Waals surface area contributed by atoms with E-state index < -0.39 is 5.91 Å². The van der Waals surface area contributed by atoms with Crippen molar-refractivity contribution in [3.63, 3.8) is 0 Å². The van der Waals surface area contributed by atoms with Crippen molar-refractivity contribution < 1.29 is 9.18 Å². The molecule has 0 spiro atoms. The van der Waals surface area contributed by atoms with Crippen LogP contribution in [-0.2, 0) is 19.5 Å². The van der Waals surface area contributed by atoms with Crippen molar-refractivity contribution >= 4 is 22.6 Å². The third-order valence-corrected chi connectivity index (χ3v) is 5.34. The van der Waals surface area contributed by atoms with E-state index in [1.807, 2.05) is 12.1 Å². The molecule has 3 heterocycles. The van der Waals surface area contributed by atoms with Crippen molar-refractivity contribution in [2.75, 3.05) is 11.9 Å². The number of anilines is 1. The van der Waals surface area contributed by atoms with E-state index in [0.717, 1.165) is 29.8 Å². The van der Waals surface area contributed by atoms with Gasteiger partial charge in [0.25, 0.3) is 5.95 Å². The molecule has 0 aliphatic carbocycles. The molecule has 4 N–H and O–H groups in total. The van der Waals surface area contributed by atoms with Crippen molar-refractivity contribution in [2.45, 2.75) is 19.5 Å². The number of hydrogen-bond acceptors (Lipinski definition) is 6. The van der Waals surface area contributed by atoms with Gasteiger partial charge in [-0.1, -0.05) is 18.2 Å². The van der Waals surface area contributed by atoms with Gasteiger partial charge in [-0.05, 0) is 29.8 Å². The summed E-state index contributed by atoms with van der Waals surface area (Å²) in [6.45, 7) is 1.89. The average Bonchev–Trinajstić information content (AvgIpc) is 3.21. The first-order chi connectivity index (χ1) is 15.1. The summed E-state index contributed by atoms with van der Waals surface area (Å²) < 4.78 is 15.2. The molecule has 0 unspecified atom stereocenters. The van der Waals surface area contributed by atoms with Crippen LogP contribution in [0.15, 0.2) is 48.7 Å². The minimum Gasteiger partial charge on any atom is -0.366 e. The summed E-state index contributed by atoms with van der Waals surface area (Å²) in [5, 5.41) is 11.7. The van der Waals surface area contributed by atoms with Crippen LogP contribution in [0.5, 0.6) is 0 Å². The van der Waals surface area contributed by atoms with Gasteiger partial charge >= 0.3 is 0 Å². The van der Waals surface area contributed by atoms with Gasteiger partial charge in [0.05, 0.1) is 23.0 Å². The number of hydrogen-bond donors (Lipinski definition) is 3. The molecule has 156 valence electrons. The van der Waals surface area contributed by atoms with Crippen LogP contribution < -0.4 is 16.4 Å². The number of halogens is 1. The number of nitrogens with one attached hydrogen (secondary N) is 2. The third-order valence-electron chi connectivity index (χ3n) is 5.34. The largest absolute Gasteiger partial charge is 0.366 e. The first-order valence-corrected chi connectivity index (χ1v) is 9.96. The van der Waals surface area contributed by atoms with Gasteiger partial charge in [-0.2, -0.15) is 14.8 Å². The highest BCUT2D eigenvalue weighted by Gasteiger charge is 2.20. The Hall–Kier alpha value is -3.85. The second kappa shape index (κ2) is 7.77. The molecule has 4 aromatic rings. The van der Waals surface area contributed by atoms with Crippen LogP contribution >= 0.6 is 0 Å². The molecule has 0 fully saturated rings. The Balaban J connectivity index is 1.57. The number of aromatic nitrogens is 4. The minimum absolute atomic E-state index is 0.278. The lowest BCUT2D eigenvalue weighted by Gasteiger charge is -2.21. The third kappa shape index (κ3) is 3.59. The van der Waals surface area contributed by atoms with E-state index in [1.165, 1.54) is 12.1 Å². The van der Waals surface area contributed by atoms with Gasteiger partial charge in [0.1, 0.15) is 11.6 Å². The molecule has 1 amide bonds. The number of benzene rings is 2. The number of amides is 1. The summed E-state index contributed by atoms with van der Waals surface area (Å²) >= 11 is 0. The fourth-order valence-electron chi connectivity index (χ4n) is 3.83. The van der Waals surface area contributed by atoms with Crippen molar-refractivity contribution in [1.82, 2.24) is 25.1 Å². The van der Waals surface area contributed by atoms with Gasteiger partial charge in [0.15, 0.2) is 0 Å². The highest BCUT2D eigenvalue weighted by Crippen LogP contribution is 2.25. The van der Waals surface area contributed by atoms with Crippen LogP contribution in [0.3, 0.4) is 0 Å². The number of carbonyl (C=O) groups excluding carboxylic acids is 1. The quantitative estimate of drug-likeness (QED) is 0.460. The Bertz CT molecular complexity index is 1300. The number of carbonyl (C=O) groups is 1. The van der Waals surface area contributed by atoms with Crippen LogP contribution in [0.4, 0.5) is 10.2 Å². The normalized spacial score (nSPS) is 13.2. The van der Waals surface area contributed by atoms with E-state index in [4.69, 9.17) is 15.7 Å². The lowest BCUT2D eigenvalue weighted by atomic mass is 10.1. The van der Waals surface area contributed by atoms with Crippen molar-refractivity contribution in [2.24, 2.45) is 5.73 Å². The van der Waals surface area contributed by atoms with Gasteiger partial charge in [-0.3, -0.25) is 4.79 Å². The molecule has 5 rings (SSSR count). The SMILES string of the molecule is NC(=O)c1cccc2c1cnn2-c1nc2c(c(NCc3cccc(F)c3)n1)CNCC2. The molecule has 2 aromatic carbocycles. The predicted octanol–water partition coefficient (Wildman–Crippen LogP) is 2.31. The Morgan fingerprint density at radius 2 is 2.10 bits per heavy atom. The van der Waals surface area contributed by atoms with Crippen molar-refractivity contribution in [3.8, 4) is 5.95 Å². The van der Waals surface area contributed by atoms with Gasteiger partial charge in [0, 0.05) is 37.0 Å². The van der Waals surface area contributed by atoms with Gasteiger partial charge in [-0.25, -0.2) is 9.37 Å². The summed E-state index contributed by atoms with van der Waals surface area (Å²) in [4.78, 5) is 21.2. The zero-order chi connectivity index (χ0) is 21.4. The topological polar surface area (TPSA) is 111 Å². The molecule has 0 saturated heterocycles. The number of nitrogens with two attached hydrogens (primary N) is 1. The monoisotopic (exact) mass is 417 g/mol. The highest BCUT2D eigenvalue weighted by molar-refractivity contribution is 6.05. The van der Waals surface area contributed by atoms with Gasteiger partial charge in [0.2, 0.25) is 5.91 Å². The van der Waals surface area contributed by atoms with Crippen LogP contribution in [0.25, 0.3) is 16.9 Å². The van der Waals surface area contributed by atoms with E-state index in [-0.39, 0.29) is 5.82 Å². The number of primary amides is 1. The second-order valence-electron chi connectivity index (χ2n) is 7.37. The zero-order valence-corrected chi connectivity index (χ0v) is 16.6. The molecule has 2 aromatic heterocycles. The number of nitrogens with zero attached hydrogens (tertiary/aromatic N) is 4. The summed E-state index contributed by atoms with van der Waals surface area (Å²) in [6.07, 6.45) is 2.35. The lowest BCUT2D eigenvalue weighted by Crippen LogP contribution is -2.27. The van der Waals surface area contributed by atoms with Crippen molar-refractivity contribution in [1.29, 1.82) is 0 Å². The fourth-order valence-corrected chi connectivity index (χ4v) is 3.83. The molecule has 31 heavy (non-hydrogen) atoms. The maximum atomic E-state index is 13.5.